The normalized spacial score (nSPS) is 13.5. The zero-order valence-electron chi connectivity index (χ0n) is 22.7. The van der Waals surface area contributed by atoms with Gasteiger partial charge in [0.1, 0.15) is 0 Å². The Hall–Kier alpha value is -4.96. The predicted molar refractivity (Wildman–Crippen MR) is 159 cm³/mol. The van der Waals surface area contributed by atoms with Crippen LogP contribution in [-0.4, -0.2) is 62.2 Å². The van der Waals surface area contributed by atoms with Gasteiger partial charge in [-0.15, -0.1) is 0 Å². The quantitative estimate of drug-likeness (QED) is 0.279. The maximum absolute atomic E-state index is 16.1. The molecule has 1 aliphatic heterocycles. The molecule has 0 radical (unpaired) electrons. The Labute approximate surface area is 235 Å². The number of nitrogens with one attached hydrogen (secondary N) is 2. The van der Waals surface area contributed by atoms with Gasteiger partial charge in [0.25, 0.3) is 11.8 Å². The van der Waals surface area contributed by atoms with Crippen LogP contribution in [0, 0.1) is 5.82 Å². The number of anilines is 3. The topological polar surface area (TPSA) is 117 Å². The van der Waals surface area contributed by atoms with E-state index >= 15 is 4.39 Å². The number of morpholine rings is 1. The molecular formula is C31H29FN6O3. The van der Waals surface area contributed by atoms with Crippen molar-refractivity contribution < 1.29 is 18.7 Å². The van der Waals surface area contributed by atoms with E-state index in [9.17, 15) is 9.59 Å². The third kappa shape index (κ3) is 4.82. The third-order valence-corrected chi connectivity index (χ3v) is 7.40. The number of primary amides is 1. The molecule has 2 amide bonds. The number of nitrogens with two attached hydrogens (primary N) is 1. The molecule has 0 spiro atoms. The Morgan fingerprint density at radius 1 is 1.05 bits per heavy atom. The highest BCUT2D eigenvalue weighted by atomic mass is 19.1. The molecule has 0 unspecified atom stereocenters. The van der Waals surface area contributed by atoms with Crippen LogP contribution in [0.5, 0.6) is 0 Å². The third-order valence-electron chi connectivity index (χ3n) is 7.40. The molecule has 0 saturated carbocycles. The number of halogens is 1. The van der Waals surface area contributed by atoms with Gasteiger partial charge in [-0.25, -0.2) is 9.37 Å². The number of carbonyl (C=O) groups is 2. The minimum Gasteiger partial charge on any atom is -0.378 e. The summed E-state index contributed by atoms with van der Waals surface area (Å²) in [5.41, 5.74) is 10.0. The van der Waals surface area contributed by atoms with E-state index in [4.69, 9.17) is 10.5 Å². The highest BCUT2D eigenvalue weighted by molar-refractivity contribution is 6.19. The standard InChI is InChI=1S/C31H29FN6O3/c1-37(2)19-8-6-18(7-9-19)31(40)36-25-5-3-4-21(27(25)32)23-17-34-29(30(33)39)28-26(23)22-16-20(10-11-24(22)35-28)38-12-14-41-15-13-38/h3-11,16-17,35H,12-15H2,1-2H3,(H2,33,39)(H,36,40). The van der Waals surface area contributed by atoms with Crippen LogP contribution in [0.25, 0.3) is 32.9 Å². The highest BCUT2D eigenvalue weighted by Crippen LogP contribution is 2.39. The predicted octanol–water partition coefficient (Wildman–Crippen LogP) is 4.78. The molecule has 3 aromatic carbocycles. The van der Waals surface area contributed by atoms with Gasteiger partial charge in [-0.3, -0.25) is 9.59 Å². The fourth-order valence-corrected chi connectivity index (χ4v) is 5.25. The van der Waals surface area contributed by atoms with E-state index < -0.39 is 17.6 Å². The van der Waals surface area contributed by atoms with Crippen LogP contribution in [0.1, 0.15) is 20.8 Å². The maximum atomic E-state index is 16.1. The molecule has 5 aromatic rings. The summed E-state index contributed by atoms with van der Waals surface area (Å²) in [6, 6.07) is 17.8. The van der Waals surface area contributed by atoms with Crippen molar-refractivity contribution in [1.29, 1.82) is 0 Å². The molecule has 0 bridgehead atoms. The van der Waals surface area contributed by atoms with Crippen molar-refractivity contribution in [2.24, 2.45) is 5.73 Å². The minimum absolute atomic E-state index is 0.0326. The number of benzene rings is 3. The van der Waals surface area contributed by atoms with Gasteiger partial charge in [0.2, 0.25) is 0 Å². The second-order valence-corrected chi connectivity index (χ2v) is 10.2. The van der Waals surface area contributed by atoms with Crippen LogP contribution in [0.15, 0.2) is 66.9 Å². The number of H-pyrrole nitrogens is 1. The summed E-state index contributed by atoms with van der Waals surface area (Å²) < 4.78 is 21.6. The van der Waals surface area contributed by atoms with Crippen LogP contribution >= 0.6 is 0 Å². The van der Waals surface area contributed by atoms with Crippen LogP contribution in [0.4, 0.5) is 21.5 Å². The minimum atomic E-state index is -0.691. The Morgan fingerprint density at radius 3 is 2.51 bits per heavy atom. The molecular weight excluding hydrogens is 523 g/mol. The first-order valence-electron chi connectivity index (χ1n) is 13.3. The number of carbonyl (C=O) groups excluding carboxylic acids is 2. The number of hydrogen-bond donors (Lipinski definition) is 3. The summed E-state index contributed by atoms with van der Waals surface area (Å²) in [4.78, 5) is 37.0. The zero-order chi connectivity index (χ0) is 28.7. The number of pyridine rings is 1. The number of nitrogens with zero attached hydrogens (tertiary/aromatic N) is 3. The molecule has 0 atom stereocenters. The average Bonchev–Trinajstić information content (AvgIpc) is 3.37. The molecule has 10 heteroatoms. The van der Waals surface area contributed by atoms with Crippen molar-refractivity contribution in [3.63, 3.8) is 0 Å². The van der Waals surface area contributed by atoms with E-state index in [1.54, 1.807) is 24.3 Å². The number of rotatable bonds is 6. The summed E-state index contributed by atoms with van der Waals surface area (Å²) in [7, 11) is 3.82. The summed E-state index contributed by atoms with van der Waals surface area (Å²) >= 11 is 0. The van der Waals surface area contributed by atoms with Gasteiger partial charge in [0.05, 0.1) is 24.4 Å². The number of fused-ring (bicyclic) bond motifs is 3. The largest absolute Gasteiger partial charge is 0.378 e. The summed E-state index contributed by atoms with van der Waals surface area (Å²) in [5, 5.41) is 4.13. The van der Waals surface area contributed by atoms with Crippen molar-refractivity contribution in [1.82, 2.24) is 9.97 Å². The number of aromatic amines is 1. The molecule has 41 heavy (non-hydrogen) atoms. The smallest absolute Gasteiger partial charge is 0.269 e. The van der Waals surface area contributed by atoms with Gasteiger partial charge in [-0.05, 0) is 48.5 Å². The van der Waals surface area contributed by atoms with Crippen molar-refractivity contribution in [2.75, 3.05) is 55.5 Å². The van der Waals surface area contributed by atoms with Gasteiger partial charge in [0, 0.05) is 77.7 Å². The first kappa shape index (κ1) is 26.3. The number of hydrogen-bond acceptors (Lipinski definition) is 6. The first-order chi connectivity index (χ1) is 19.8. The Balaban J connectivity index is 1.45. The summed E-state index contributed by atoms with van der Waals surface area (Å²) in [6.45, 7) is 2.78. The van der Waals surface area contributed by atoms with Gasteiger partial charge in [-0.1, -0.05) is 12.1 Å². The van der Waals surface area contributed by atoms with Gasteiger partial charge in [-0.2, -0.15) is 0 Å². The van der Waals surface area contributed by atoms with Gasteiger partial charge in [0.15, 0.2) is 11.5 Å². The molecule has 4 N–H and O–H groups in total. The van der Waals surface area contributed by atoms with Crippen LogP contribution < -0.4 is 20.9 Å². The summed E-state index contributed by atoms with van der Waals surface area (Å²) in [6.07, 6.45) is 1.46. The molecule has 1 fully saturated rings. The molecule has 0 aliphatic carbocycles. The van der Waals surface area contributed by atoms with Crippen molar-refractivity contribution >= 4 is 50.7 Å². The van der Waals surface area contributed by atoms with Gasteiger partial charge < -0.3 is 30.6 Å². The van der Waals surface area contributed by atoms with Gasteiger partial charge >= 0.3 is 0 Å². The van der Waals surface area contributed by atoms with Crippen molar-refractivity contribution in [2.45, 2.75) is 0 Å². The van der Waals surface area contributed by atoms with Crippen LogP contribution in [-0.2, 0) is 4.74 Å². The van der Waals surface area contributed by atoms with E-state index in [-0.39, 0.29) is 16.9 Å². The van der Waals surface area contributed by atoms with E-state index in [1.807, 2.05) is 49.3 Å². The zero-order valence-corrected chi connectivity index (χ0v) is 22.7. The average molecular weight is 553 g/mol. The van der Waals surface area contributed by atoms with Crippen LogP contribution in [0.3, 0.4) is 0 Å². The van der Waals surface area contributed by atoms with Crippen LogP contribution in [0.2, 0.25) is 0 Å². The Morgan fingerprint density at radius 2 is 1.80 bits per heavy atom. The SMILES string of the molecule is CN(C)c1ccc(C(=O)Nc2cccc(-c3cnc(C(N)=O)c4[nH]c5ccc(N6CCOCC6)cc5c34)c2F)cc1. The van der Waals surface area contributed by atoms with E-state index in [2.05, 4.69) is 20.2 Å². The molecule has 2 aromatic heterocycles. The lowest BCUT2D eigenvalue weighted by atomic mass is 9.99. The lowest BCUT2D eigenvalue weighted by Crippen LogP contribution is -2.36. The molecule has 208 valence electrons. The molecule has 9 nitrogen and oxygen atoms in total. The number of aromatic nitrogens is 2. The number of ether oxygens (including phenoxy) is 1. The van der Waals surface area contributed by atoms with E-state index in [0.29, 0.717) is 35.2 Å². The molecule has 1 saturated heterocycles. The van der Waals surface area contributed by atoms with E-state index in [0.717, 1.165) is 35.4 Å². The monoisotopic (exact) mass is 552 g/mol. The van der Waals surface area contributed by atoms with Crippen molar-refractivity contribution in [3.8, 4) is 11.1 Å². The summed E-state index contributed by atoms with van der Waals surface area (Å²) in [5.74, 6) is -1.73. The first-order valence-corrected chi connectivity index (χ1v) is 13.3. The Bertz CT molecular complexity index is 1790. The molecule has 3 heterocycles. The number of amides is 2. The van der Waals surface area contributed by atoms with Crippen molar-refractivity contribution in [3.05, 3.63) is 83.9 Å². The fraction of sp³-hybridized carbons (Fsp3) is 0.194. The van der Waals surface area contributed by atoms with E-state index in [1.165, 1.54) is 12.3 Å². The molecule has 6 rings (SSSR count). The fourth-order valence-electron chi connectivity index (χ4n) is 5.25. The molecule has 1 aliphatic rings. The second-order valence-electron chi connectivity index (χ2n) is 10.2. The second kappa shape index (κ2) is 10.5. The maximum Gasteiger partial charge on any atom is 0.269 e. The lowest BCUT2D eigenvalue weighted by molar-refractivity contribution is 0.0994. The lowest BCUT2D eigenvalue weighted by Gasteiger charge is -2.28. The Kier molecular flexibility index (Phi) is 6.76. The highest BCUT2D eigenvalue weighted by Gasteiger charge is 2.22.